The van der Waals surface area contributed by atoms with E-state index in [1.165, 1.54) is 18.2 Å². The number of carbonyl (C=O) groups is 1. The van der Waals surface area contributed by atoms with Crippen LogP contribution in [0.3, 0.4) is 0 Å². The van der Waals surface area contributed by atoms with Crippen molar-refractivity contribution in [1.82, 2.24) is 9.78 Å². The average Bonchev–Trinajstić information content (AvgIpc) is 2.42. The first-order valence-electron chi connectivity index (χ1n) is 5.58. The Morgan fingerprint density at radius 1 is 1.40 bits per heavy atom. The SMILES string of the molecule is N#Cc1cc(F)ccc1Cn1nc(C(N)=O)ccc1=O. The molecule has 0 fully saturated rings. The number of benzene rings is 1. The molecule has 0 saturated carbocycles. The molecule has 2 rings (SSSR count). The molecule has 1 amide bonds. The minimum Gasteiger partial charge on any atom is -0.364 e. The lowest BCUT2D eigenvalue weighted by Crippen LogP contribution is -2.27. The molecule has 2 N–H and O–H groups in total. The highest BCUT2D eigenvalue weighted by atomic mass is 19.1. The van der Waals surface area contributed by atoms with Gasteiger partial charge in [-0.1, -0.05) is 6.07 Å². The molecule has 1 aromatic heterocycles. The van der Waals surface area contributed by atoms with Gasteiger partial charge in [0.1, 0.15) is 11.5 Å². The first kappa shape index (κ1) is 13.4. The summed E-state index contributed by atoms with van der Waals surface area (Å²) in [6.07, 6.45) is 0. The van der Waals surface area contributed by atoms with Crippen LogP contribution < -0.4 is 11.3 Å². The molecule has 20 heavy (non-hydrogen) atoms. The Balaban J connectivity index is 2.45. The lowest BCUT2D eigenvalue weighted by Gasteiger charge is -2.07. The molecule has 0 aliphatic rings. The fourth-order valence-electron chi connectivity index (χ4n) is 1.65. The smallest absolute Gasteiger partial charge is 0.269 e. The number of hydrogen-bond donors (Lipinski definition) is 1. The zero-order valence-electron chi connectivity index (χ0n) is 10.2. The average molecular weight is 272 g/mol. The van der Waals surface area contributed by atoms with Crippen LogP contribution >= 0.6 is 0 Å². The molecule has 100 valence electrons. The van der Waals surface area contributed by atoms with Crippen molar-refractivity contribution in [3.05, 3.63) is 63.3 Å². The fraction of sp³-hybridized carbons (Fsp3) is 0.0769. The van der Waals surface area contributed by atoms with E-state index in [-0.39, 0.29) is 17.8 Å². The van der Waals surface area contributed by atoms with Crippen LogP contribution in [0.5, 0.6) is 0 Å². The number of nitrogens with two attached hydrogens (primary N) is 1. The summed E-state index contributed by atoms with van der Waals surface area (Å²) in [5.74, 6) is -1.31. The second-order valence-corrected chi connectivity index (χ2v) is 3.99. The molecular weight excluding hydrogens is 263 g/mol. The molecule has 6 nitrogen and oxygen atoms in total. The molecule has 0 saturated heterocycles. The normalized spacial score (nSPS) is 10.0. The van der Waals surface area contributed by atoms with Crippen molar-refractivity contribution in [2.24, 2.45) is 5.73 Å². The van der Waals surface area contributed by atoms with E-state index in [1.54, 1.807) is 0 Å². The first-order valence-corrected chi connectivity index (χ1v) is 5.58. The van der Waals surface area contributed by atoms with Gasteiger partial charge in [-0.25, -0.2) is 9.07 Å². The standard InChI is InChI=1S/C13H9FN4O2/c14-10-2-1-8(9(5-10)6-15)7-18-12(19)4-3-11(17-18)13(16)20/h1-5H,7H2,(H2,16,20). The van der Waals surface area contributed by atoms with E-state index in [0.29, 0.717) is 5.56 Å². The second kappa shape index (κ2) is 5.32. The first-order chi connectivity index (χ1) is 9.51. The van der Waals surface area contributed by atoms with Gasteiger partial charge in [-0.2, -0.15) is 10.4 Å². The molecule has 0 aliphatic heterocycles. The summed E-state index contributed by atoms with van der Waals surface area (Å²) < 4.78 is 14.0. The topological polar surface area (TPSA) is 102 Å². The molecule has 0 unspecified atom stereocenters. The molecule has 0 spiro atoms. The molecule has 1 heterocycles. The van der Waals surface area contributed by atoms with Gasteiger partial charge in [0, 0.05) is 6.07 Å². The third-order valence-electron chi connectivity index (χ3n) is 2.63. The number of aromatic nitrogens is 2. The van der Waals surface area contributed by atoms with Gasteiger partial charge in [0.25, 0.3) is 11.5 Å². The van der Waals surface area contributed by atoms with Gasteiger partial charge in [0.2, 0.25) is 0 Å². The van der Waals surface area contributed by atoms with Gasteiger partial charge in [0.05, 0.1) is 18.2 Å². The molecule has 0 radical (unpaired) electrons. The fourth-order valence-corrected chi connectivity index (χ4v) is 1.65. The Hall–Kier alpha value is -3.01. The zero-order valence-corrected chi connectivity index (χ0v) is 10.2. The molecule has 0 aliphatic carbocycles. The lowest BCUT2D eigenvalue weighted by atomic mass is 10.1. The summed E-state index contributed by atoms with van der Waals surface area (Å²) in [5, 5.41) is 12.7. The highest BCUT2D eigenvalue weighted by Gasteiger charge is 2.09. The number of carbonyl (C=O) groups excluding carboxylic acids is 1. The van der Waals surface area contributed by atoms with Gasteiger partial charge < -0.3 is 5.73 Å². The van der Waals surface area contributed by atoms with Crippen LogP contribution in [-0.4, -0.2) is 15.7 Å². The van der Waals surface area contributed by atoms with Crippen molar-refractivity contribution in [3.8, 4) is 6.07 Å². The number of nitriles is 1. The number of hydrogen-bond acceptors (Lipinski definition) is 4. The van der Waals surface area contributed by atoms with Crippen molar-refractivity contribution in [3.63, 3.8) is 0 Å². The van der Waals surface area contributed by atoms with Crippen molar-refractivity contribution >= 4 is 5.91 Å². The Kier molecular flexibility index (Phi) is 3.57. The summed E-state index contributed by atoms with van der Waals surface area (Å²) in [4.78, 5) is 22.7. The molecule has 1 aromatic carbocycles. The largest absolute Gasteiger partial charge is 0.364 e. The highest BCUT2D eigenvalue weighted by Crippen LogP contribution is 2.11. The third-order valence-corrected chi connectivity index (χ3v) is 2.63. The van der Waals surface area contributed by atoms with Gasteiger partial charge >= 0.3 is 0 Å². The number of amides is 1. The minimum atomic E-state index is -0.765. The Bertz CT molecular complexity index is 777. The monoisotopic (exact) mass is 272 g/mol. The minimum absolute atomic E-state index is 0.0525. The molecule has 2 aromatic rings. The highest BCUT2D eigenvalue weighted by molar-refractivity contribution is 5.90. The predicted molar refractivity (Wildman–Crippen MR) is 67.2 cm³/mol. The maximum Gasteiger partial charge on any atom is 0.269 e. The molecule has 0 atom stereocenters. The number of primary amides is 1. The maximum atomic E-state index is 13.0. The van der Waals surface area contributed by atoms with E-state index in [0.717, 1.165) is 16.8 Å². The van der Waals surface area contributed by atoms with E-state index >= 15 is 0 Å². The maximum absolute atomic E-state index is 13.0. The van der Waals surface area contributed by atoms with E-state index < -0.39 is 17.3 Å². The van der Waals surface area contributed by atoms with Crippen LogP contribution in [-0.2, 0) is 6.54 Å². The lowest BCUT2D eigenvalue weighted by molar-refractivity contribution is 0.0993. The van der Waals surface area contributed by atoms with Crippen molar-refractivity contribution in [2.75, 3.05) is 0 Å². The van der Waals surface area contributed by atoms with E-state index in [9.17, 15) is 14.0 Å². The molecule has 0 bridgehead atoms. The summed E-state index contributed by atoms with van der Waals surface area (Å²) in [5.41, 5.74) is 5.08. The van der Waals surface area contributed by atoms with Crippen LogP contribution in [0.25, 0.3) is 0 Å². The number of halogens is 1. The predicted octanol–water partition coefficient (Wildman–Crippen LogP) is 0.401. The van der Waals surface area contributed by atoms with Gasteiger partial charge in [0.15, 0.2) is 0 Å². The third kappa shape index (κ3) is 2.70. The Morgan fingerprint density at radius 2 is 2.15 bits per heavy atom. The van der Waals surface area contributed by atoms with Crippen molar-refractivity contribution < 1.29 is 9.18 Å². The molecule has 7 heteroatoms. The summed E-state index contributed by atoms with van der Waals surface area (Å²) in [6.45, 7) is -0.0525. The van der Waals surface area contributed by atoms with Crippen LogP contribution in [0.15, 0.2) is 35.1 Å². The van der Waals surface area contributed by atoms with Gasteiger partial charge in [-0.05, 0) is 23.8 Å². The van der Waals surface area contributed by atoms with E-state index in [2.05, 4.69) is 5.10 Å². The molecular formula is C13H9FN4O2. The van der Waals surface area contributed by atoms with Crippen LogP contribution in [0.1, 0.15) is 21.6 Å². The number of nitrogens with zero attached hydrogens (tertiary/aromatic N) is 3. The second-order valence-electron chi connectivity index (χ2n) is 3.99. The van der Waals surface area contributed by atoms with E-state index in [4.69, 9.17) is 11.0 Å². The quantitative estimate of drug-likeness (QED) is 0.873. The van der Waals surface area contributed by atoms with E-state index in [1.807, 2.05) is 6.07 Å². The zero-order chi connectivity index (χ0) is 14.7. The Labute approximate surface area is 112 Å². The van der Waals surface area contributed by atoms with Crippen molar-refractivity contribution in [1.29, 1.82) is 5.26 Å². The summed E-state index contributed by atoms with van der Waals surface area (Å²) >= 11 is 0. The van der Waals surface area contributed by atoms with Gasteiger partial charge in [-0.15, -0.1) is 0 Å². The Morgan fingerprint density at radius 3 is 2.80 bits per heavy atom. The number of rotatable bonds is 3. The summed E-state index contributed by atoms with van der Waals surface area (Å²) in [7, 11) is 0. The van der Waals surface area contributed by atoms with Gasteiger partial charge in [-0.3, -0.25) is 9.59 Å². The van der Waals surface area contributed by atoms with Crippen LogP contribution in [0.2, 0.25) is 0 Å². The summed E-state index contributed by atoms with van der Waals surface area (Å²) in [6, 6.07) is 7.85. The van der Waals surface area contributed by atoms with Crippen molar-refractivity contribution in [2.45, 2.75) is 6.54 Å². The van der Waals surface area contributed by atoms with Crippen LogP contribution in [0, 0.1) is 17.1 Å². The van der Waals surface area contributed by atoms with Crippen LogP contribution in [0.4, 0.5) is 4.39 Å².